The lowest BCUT2D eigenvalue weighted by atomic mass is 9.81. The van der Waals surface area contributed by atoms with Crippen LogP contribution in [0.1, 0.15) is 45.4 Å². The highest BCUT2D eigenvalue weighted by atomic mass is 16.4. The highest BCUT2D eigenvalue weighted by molar-refractivity contribution is 5.85. The van der Waals surface area contributed by atoms with Gasteiger partial charge in [0.1, 0.15) is 0 Å². The Bertz CT molecular complexity index is 378. The van der Waals surface area contributed by atoms with Crippen LogP contribution < -0.4 is 5.32 Å². The number of carboxylic acids is 1. The molecule has 0 heterocycles. The van der Waals surface area contributed by atoms with Gasteiger partial charge in [0.05, 0.1) is 11.8 Å². The van der Waals surface area contributed by atoms with E-state index in [0.29, 0.717) is 18.8 Å². The summed E-state index contributed by atoms with van der Waals surface area (Å²) in [6.45, 7) is 2.21. The summed E-state index contributed by atoms with van der Waals surface area (Å²) in [6, 6.07) is 0.233. The second-order valence-corrected chi connectivity index (χ2v) is 5.97. The van der Waals surface area contributed by atoms with Gasteiger partial charge in [-0.05, 0) is 31.6 Å². The molecule has 19 heavy (non-hydrogen) atoms. The van der Waals surface area contributed by atoms with Crippen molar-refractivity contribution in [3.05, 3.63) is 12.2 Å². The fraction of sp³-hybridized carbons (Fsp3) is 0.733. The lowest BCUT2D eigenvalue weighted by Crippen LogP contribution is -2.44. The number of nitrogens with one attached hydrogen (secondary N) is 1. The van der Waals surface area contributed by atoms with Gasteiger partial charge in [-0.25, -0.2) is 0 Å². The molecular weight excluding hydrogens is 242 g/mol. The predicted molar refractivity (Wildman–Crippen MR) is 72.6 cm³/mol. The van der Waals surface area contributed by atoms with Gasteiger partial charge >= 0.3 is 5.97 Å². The van der Waals surface area contributed by atoms with Gasteiger partial charge in [0.15, 0.2) is 0 Å². The van der Waals surface area contributed by atoms with Crippen LogP contribution in [0.15, 0.2) is 12.2 Å². The molecule has 4 atom stereocenters. The van der Waals surface area contributed by atoms with Crippen molar-refractivity contribution in [1.82, 2.24) is 5.32 Å². The third-order valence-electron chi connectivity index (χ3n) is 4.37. The Balaban J connectivity index is 1.94. The molecule has 2 aliphatic carbocycles. The number of carbonyl (C=O) groups excluding carboxylic acids is 1. The Morgan fingerprint density at radius 2 is 1.84 bits per heavy atom. The van der Waals surface area contributed by atoms with Gasteiger partial charge in [-0.2, -0.15) is 0 Å². The molecule has 0 aliphatic heterocycles. The van der Waals surface area contributed by atoms with E-state index in [-0.39, 0.29) is 11.9 Å². The summed E-state index contributed by atoms with van der Waals surface area (Å²) in [7, 11) is 0. The summed E-state index contributed by atoms with van der Waals surface area (Å²) in [4.78, 5) is 23.5. The molecule has 1 fully saturated rings. The molecule has 2 N–H and O–H groups in total. The Morgan fingerprint density at radius 3 is 2.47 bits per heavy atom. The molecule has 2 rings (SSSR count). The maximum atomic E-state index is 12.3. The number of allylic oxidation sites excluding steroid dienone is 2. The van der Waals surface area contributed by atoms with Crippen LogP contribution >= 0.6 is 0 Å². The van der Waals surface area contributed by atoms with Crippen LogP contribution in [0.3, 0.4) is 0 Å². The molecule has 4 heteroatoms. The average molecular weight is 265 g/mol. The molecular formula is C15H23NO3. The number of carboxylic acid groups (broad SMARTS) is 1. The van der Waals surface area contributed by atoms with E-state index in [1.165, 1.54) is 6.42 Å². The van der Waals surface area contributed by atoms with Crippen LogP contribution in [0, 0.1) is 17.8 Å². The molecule has 4 nitrogen and oxygen atoms in total. The second-order valence-electron chi connectivity index (χ2n) is 5.97. The molecule has 0 aromatic rings. The summed E-state index contributed by atoms with van der Waals surface area (Å²) >= 11 is 0. The molecule has 106 valence electrons. The first-order valence-electron chi connectivity index (χ1n) is 7.26. The van der Waals surface area contributed by atoms with E-state index in [4.69, 9.17) is 0 Å². The van der Waals surface area contributed by atoms with Crippen LogP contribution in [0.2, 0.25) is 0 Å². The lowest BCUT2D eigenvalue weighted by Gasteiger charge is -2.31. The first-order chi connectivity index (χ1) is 9.08. The molecule has 0 aromatic heterocycles. The van der Waals surface area contributed by atoms with Gasteiger partial charge < -0.3 is 10.4 Å². The maximum Gasteiger partial charge on any atom is 0.307 e. The molecule has 4 unspecified atom stereocenters. The first kappa shape index (κ1) is 14.1. The van der Waals surface area contributed by atoms with E-state index in [9.17, 15) is 14.7 Å². The Morgan fingerprint density at radius 1 is 1.16 bits per heavy atom. The predicted octanol–water partition coefficient (Wildman–Crippen LogP) is 2.35. The van der Waals surface area contributed by atoms with E-state index < -0.39 is 17.8 Å². The molecule has 0 aromatic carbocycles. The van der Waals surface area contributed by atoms with Crippen LogP contribution in [0.4, 0.5) is 0 Å². The Hall–Kier alpha value is -1.32. The topological polar surface area (TPSA) is 66.4 Å². The number of carbonyl (C=O) groups is 2. The molecule has 2 aliphatic rings. The van der Waals surface area contributed by atoms with Gasteiger partial charge in [-0.1, -0.05) is 31.9 Å². The van der Waals surface area contributed by atoms with Gasteiger partial charge in [0, 0.05) is 6.04 Å². The number of rotatable bonds is 3. The van der Waals surface area contributed by atoms with E-state index in [1.807, 2.05) is 12.2 Å². The van der Waals surface area contributed by atoms with E-state index >= 15 is 0 Å². The standard InChI is InChI=1S/C15H23NO3/c1-10-5-4-6-11(9-10)16-14(17)12-7-2-3-8-13(12)15(18)19/h2-3,10-13H,4-9H2,1H3,(H,16,17)(H,18,19). The molecule has 1 saturated carbocycles. The summed E-state index contributed by atoms with van der Waals surface area (Å²) in [5, 5.41) is 12.3. The van der Waals surface area contributed by atoms with Gasteiger partial charge in [0.25, 0.3) is 0 Å². The van der Waals surface area contributed by atoms with Crippen LogP contribution in [0.25, 0.3) is 0 Å². The Labute approximate surface area is 114 Å². The summed E-state index contributed by atoms with van der Waals surface area (Å²) in [6.07, 6.45) is 9.23. The third-order valence-corrected chi connectivity index (χ3v) is 4.37. The minimum Gasteiger partial charge on any atom is -0.481 e. The van der Waals surface area contributed by atoms with Crippen molar-refractivity contribution in [2.24, 2.45) is 17.8 Å². The summed E-state index contributed by atoms with van der Waals surface area (Å²) in [5.74, 6) is -1.25. The highest BCUT2D eigenvalue weighted by Crippen LogP contribution is 2.28. The van der Waals surface area contributed by atoms with Crippen molar-refractivity contribution in [2.75, 3.05) is 0 Å². The van der Waals surface area contributed by atoms with Crippen molar-refractivity contribution in [1.29, 1.82) is 0 Å². The number of hydrogen-bond acceptors (Lipinski definition) is 2. The van der Waals surface area contributed by atoms with Gasteiger partial charge in [-0.3, -0.25) is 9.59 Å². The smallest absolute Gasteiger partial charge is 0.307 e. The molecule has 0 bridgehead atoms. The zero-order valence-corrected chi connectivity index (χ0v) is 11.5. The van der Waals surface area contributed by atoms with Crippen LogP contribution in [-0.4, -0.2) is 23.0 Å². The largest absolute Gasteiger partial charge is 0.481 e. The number of amides is 1. The lowest BCUT2D eigenvalue weighted by molar-refractivity contribution is -0.147. The number of hydrogen-bond donors (Lipinski definition) is 2. The van der Waals surface area contributed by atoms with Crippen molar-refractivity contribution in [3.8, 4) is 0 Å². The van der Waals surface area contributed by atoms with Crippen LogP contribution in [-0.2, 0) is 9.59 Å². The van der Waals surface area contributed by atoms with Gasteiger partial charge in [-0.15, -0.1) is 0 Å². The second kappa shape index (κ2) is 6.22. The molecule has 0 saturated heterocycles. The molecule has 0 spiro atoms. The average Bonchev–Trinajstić information content (AvgIpc) is 2.38. The van der Waals surface area contributed by atoms with Crippen molar-refractivity contribution >= 4 is 11.9 Å². The summed E-state index contributed by atoms with van der Waals surface area (Å²) < 4.78 is 0. The first-order valence-corrected chi connectivity index (χ1v) is 7.26. The van der Waals surface area contributed by atoms with E-state index in [0.717, 1.165) is 19.3 Å². The zero-order chi connectivity index (χ0) is 13.8. The third kappa shape index (κ3) is 3.58. The maximum absolute atomic E-state index is 12.3. The van der Waals surface area contributed by atoms with Crippen molar-refractivity contribution < 1.29 is 14.7 Å². The van der Waals surface area contributed by atoms with Crippen molar-refractivity contribution in [2.45, 2.75) is 51.5 Å². The zero-order valence-electron chi connectivity index (χ0n) is 11.5. The monoisotopic (exact) mass is 265 g/mol. The highest BCUT2D eigenvalue weighted by Gasteiger charge is 2.35. The summed E-state index contributed by atoms with van der Waals surface area (Å²) in [5.41, 5.74) is 0. The Kier molecular flexibility index (Phi) is 4.61. The van der Waals surface area contributed by atoms with E-state index in [1.54, 1.807) is 0 Å². The molecule has 0 radical (unpaired) electrons. The quantitative estimate of drug-likeness (QED) is 0.770. The number of aliphatic carboxylic acids is 1. The van der Waals surface area contributed by atoms with Crippen molar-refractivity contribution in [3.63, 3.8) is 0 Å². The fourth-order valence-electron chi connectivity index (χ4n) is 3.25. The van der Waals surface area contributed by atoms with Gasteiger partial charge in [0.2, 0.25) is 5.91 Å². The fourth-order valence-corrected chi connectivity index (χ4v) is 3.25. The van der Waals surface area contributed by atoms with Crippen LogP contribution in [0.5, 0.6) is 0 Å². The minimum atomic E-state index is -0.860. The minimum absolute atomic E-state index is 0.0733. The SMILES string of the molecule is CC1CCCC(NC(=O)C2CC=CCC2C(=O)O)C1. The molecule has 1 amide bonds. The normalized spacial score (nSPS) is 34.8. The van der Waals surface area contributed by atoms with E-state index in [2.05, 4.69) is 12.2 Å².